The standard InChI is InChI=1S/C14H20N6O/c1-10-6-7-15-14(16-10)20-8-4-3-5-11(20)13-17-12(9-21-2)18-19-13/h6-7,11H,3-5,8-9H2,1-2H3,(H,17,18,19). The molecule has 1 fully saturated rings. The molecule has 1 aliphatic heterocycles. The number of ether oxygens (including phenoxy) is 1. The van der Waals surface area contributed by atoms with Crippen LogP contribution >= 0.6 is 0 Å². The van der Waals surface area contributed by atoms with Gasteiger partial charge < -0.3 is 9.64 Å². The molecule has 1 aliphatic rings. The highest BCUT2D eigenvalue weighted by Crippen LogP contribution is 2.31. The van der Waals surface area contributed by atoms with Gasteiger partial charge in [0.1, 0.15) is 6.61 Å². The van der Waals surface area contributed by atoms with Crippen LogP contribution in [0.3, 0.4) is 0 Å². The minimum Gasteiger partial charge on any atom is -0.377 e. The second kappa shape index (κ2) is 6.17. The van der Waals surface area contributed by atoms with Crippen LogP contribution in [0.5, 0.6) is 0 Å². The number of aryl methyl sites for hydroxylation is 1. The third kappa shape index (κ3) is 3.02. The van der Waals surface area contributed by atoms with Crippen LogP contribution < -0.4 is 4.90 Å². The molecule has 1 unspecified atom stereocenters. The highest BCUT2D eigenvalue weighted by molar-refractivity contribution is 5.34. The Bertz CT molecular complexity index is 599. The van der Waals surface area contributed by atoms with Crippen molar-refractivity contribution in [2.45, 2.75) is 38.8 Å². The first-order valence-corrected chi connectivity index (χ1v) is 7.24. The Kier molecular flexibility index (Phi) is 4.10. The Morgan fingerprint density at radius 1 is 1.38 bits per heavy atom. The molecule has 1 N–H and O–H groups in total. The van der Waals surface area contributed by atoms with E-state index in [9.17, 15) is 0 Å². The summed E-state index contributed by atoms with van der Waals surface area (Å²) < 4.78 is 5.08. The third-order valence-electron chi connectivity index (χ3n) is 3.67. The predicted molar refractivity (Wildman–Crippen MR) is 77.8 cm³/mol. The maximum absolute atomic E-state index is 5.08. The van der Waals surface area contributed by atoms with Crippen LogP contribution in [0.2, 0.25) is 0 Å². The lowest BCUT2D eigenvalue weighted by Crippen LogP contribution is -2.35. The molecule has 1 atom stereocenters. The number of hydrogen-bond acceptors (Lipinski definition) is 6. The SMILES string of the molecule is COCc1nc(C2CCCCN2c2nccc(C)n2)n[nH]1. The van der Waals surface area contributed by atoms with Crippen molar-refractivity contribution in [2.75, 3.05) is 18.6 Å². The number of nitrogens with zero attached hydrogens (tertiary/aromatic N) is 5. The summed E-state index contributed by atoms with van der Waals surface area (Å²) in [5.41, 5.74) is 0.972. The van der Waals surface area contributed by atoms with E-state index in [0.29, 0.717) is 6.61 Å². The lowest BCUT2D eigenvalue weighted by molar-refractivity contribution is 0.178. The van der Waals surface area contributed by atoms with Crippen LogP contribution in [-0.4, -0.2) is 38.8 Å². The summed E-state index contributed by atoms with van der Waals surface area (Å²) >= 11 is 0. The molecule has 7 nitrogen and oxygen atoms in total. The fourth-order valence-electron chi connectivity index (χ4n) is 2.67. The van der Waals surface area contributed by atoms with Crippen molar-refractivity contribution >= 4 is 5.95 Å². The minimum absolute atomic E-state index is 0.127. The number of H-pyrrole nitrogens is 1. The van der Waals surface area contributed by atoms with Gasteiger partial charge in [-0.05, 0) is 32.3 Å². The smallest absolute Gasteiger partial charge is 0.226 e. The average Bonchev–Trinajstić information content (AvgIpc) is 2.96. The Morgan fingerprint density at radius 2 is 2.29 bits per heavy atom. The molecule has 21 heavy (non-hydrogen) atoms. The third-order valence-corrected chi connectivity index (χ3v) is 3.67. The molecule has 0 amide bonds. The molecule has 0 aliphatic carbocycles. The van der Waals surface area contributed by atoms with Crippen LogP contribution in [0.4, 0.5) is 5.95 Å². The molecule has 2 aromatic heterocycles. The number of aromatic amines is 1. The maximum Gasteiger partial charge on any atom is 0.226 e. The first kappa shape index (κ1) is 13.9. The molecular weight excluding hydrogens is 268 g/mol. The Hall–Kier alpha value is -2.02. The van der Waals surface area contributed by atoms with Crippen LogP contribution in [0.15, 0.2) is 12.3 Å². The maximum atomic E-state index is 5.08. The van der Waals surface area contributed by atoms with Gasteiger partial charge in [-0.25, -0.2) is 15.0 Å². The number of anilines is 1. The zero-order chi connectivity index (χ0) is 14.7. The normalized spacial score (nSPS) is 19.0. The van der Waals surface area contributed by atoms with E-state index in [0.717, 1.165) is 42.7 Å². The van der Waals surface area contributed by atoms with Gasteiger partial charge >= 0.3 is 0 Å². The van der Waals surface area contributed by atoms with Gasteiger partial charge in [0, 0.05) is 25.5 Å². The molecule has 3 rings (SSSR count). The molecule has 0 saturated carbocycles. The summed E-state index contributed by atoms with van der Waals surface area (Å²) in [7, 11) is 1.65. The molecule has 1 saturated heterocycles. The highest BCUT2D eigenvalue weighted by Gasteiger charge is 2.29. The van der Waals surface area contributed by atoms with Gasteiger partial charge in [0.2, 0.25) is 5.95 Å². The van der Waals surface area contributed by atoms with Crippen molar-refractivity contribution in [3.8, 4) is 0 Å². The molecule has 3 heterocycles. The average molecular weight is 288 g/mol. The van der Waals surface area contributed by atoms with Crippen molar-refractivity contribution in [1.29, 1.82) is 0 Å². The number of rotatable bonds is 4. The van der Waals surface area contributed by atoms with Gasteiger partial charge in [0.25, 0.3) is 0 Å². The van der Waals surface area contributed by atoms with Gasteiger partial charge in [-0.3, -0.25) is 5.10 Å². The van der Waals surface area contributed by atoms with Crippen LogP contribution in [-0.2, 0) is 11.3 Å². The van der Waals surface area contributed by atoms with Gasteiger partial charge in [0.05, 0.1) is 6.04 Å². The molecule has 0 bridgehead atoms. The van der Waals surface area contributed by atoms with Crippen molar-refractivity contribution in [3.63, 3.8) is 0 Å². The lowest BCUT2D eigenvalue weighted by atomic mass is 10.0. The Morgan fingerprint density at radius 3 is 3.10 bits per heavy atom. The summed E-state index contributed by atoms with van der Waals surface area (Å²) in [6, 6.07) is 2.04. The first-order chi connectivity index (χ1) is 10.3. The molecule has 0 spiro atoms. The van der Waals surface area contributed by atoms with Crippen molar-refractivity contribution in [3.05, 3.63) is 29.6 Å². The van der Waals surface area contributed by atoms with E-state index >= 15 is 0 Å². The molecule has 7 heteroatoms. The molecule has 112 valence electrons. The van der Waals surface area contributed by atoms with E-state index in [4.69, 9.17) is 4.74 Å². The van der Waals surface area contributed by atoms with Crippen molar-refractivity contribution < 1.29 is 4.74 Å². The molecule has 0 aromatic carbocycles. The van der Waals surface area contributed by atoms with E-state index in [-0.39, 0.29) is 6.04 Å². The monoisotopic (exact) mass is 288 g/mol. The van der Waals surface area contributed by atoms with Crippen LogP contribution in [0, 0.1) is 6.92 Å². The Balaban J connectivity index is 1.86. The fourth-order valence-corrected chi connectivity index (χ4v) is 2.67. The zero-order valence-corrected chi connectivity index (χ0v) is 12.4. The highest BCUT2D eigenvalue weighted by atomic mass is 16.5. The van der Waals surface area contributed by atoms with E-state index < -0.39 is 0 Å². The quantitative estimate of drug-likeness (QED) is 0.923. The fraction of sp³-hybridized carbons (Fsp3) is 0.571. The van der Waals surface area contributed by atoms with Crippen LogP contribution in [0.25, 0.3) is 0 Å². The topological polar surface area (TPSA) is 79.8 Å². The van der Waals surface area contributed by atoms with Gasteiger partial charge in [-0.15, -0.1) is 0 Å². The summed E-state index contributed by atoms with van der Waals surface area (Å²) in [6.07, 6.45) is 5.13. The summed E-state index contributed by atoms with van der Waals surface area (Å²) in [4.78, 5) is 15.7. The van der Waals surface area contributed by atoms with Crippen molar-refractivity contribution in [2.24, 2.45) is 0 Å². The number of aromatic nitrogens is 5. The van der Waals surface area contributed by atoms with E-state index in [2.05, 4.69) is 30.0 Å². The predicted octanol–water partition coefficient (Wildman–Crippen LogP) is 1.78. The van der Waals surface area contributed by atoms with Crippen molar-refractivity contribution in [1.82, 2.24) is 25.1 Å². The number of nitrogens with one attached hydrogen (secondary N) is 1. The zero-order valence-electron chi connectivity index (χ0n) is 12.4. The Labute approximate surface area is 123 Å². The minimum atomic E-state index is 0.127. The van der Waals surface area contributed by atoms with Gasteiger partial charge in [0.15, 0.2) is 11.6 Å². The number of piperidine rings is 1. The van der Waals surface area contributed by atoms with E-state index in [1.807, 2.05) is 13.0 Å². The number of methoxy groups -OCH3 is 1. The molecule has 0 radical (unpaired) electrons. The summed E-state index contributed by atoms with van der Waals surface area (Å²) in [5, 5.41) is 7.28. The van der Waals surface area contributed by atoms with E-state index in [1.54, 1.807) is 13.3 Å². The lowest BCUT2D eigenvalue weighted by Gasteiger charge is -2.34. The van der Waals surface area contributed by atoms with Gasteiger partial charge in [-0.1, -0.05) is 0 Å². The summed E-state index contributed by atoms with van der Waals surface area (Å²) in [5.74, 6) is 2.31. The molecule has 2 aromatic rings. The second-order valence-electron chi connectivity index (χ2n) is 5.28. The largest absolute Gasteiger partial charge is 0.377 e. The number of hydrogen-bond donors (Lipinski definition) is 1. The summed E-state index contributed by atoms with van der Waals surface area (Å²) in [6.45, 7) is 3.36. The second-order valence-corrected chi connectivity index (χ2v) is 5.28. The first-order valence-electron chi connectivity index (χ1n) is 7.24. The molecular formula is C14H20N6O. The van der Waals surface area contributed by atoms with Crippen LogP contribution in [0.1, 0.15) is 42.6 Å². The van der Waals surface area contributed by atoms with E-state index in [1.165, 1.54) is 6.42 Å². The van der Waals surface area contributed by atoms with Gasteiger partial charge in [-0.2, -0.15) is 5.10 Å².